The van der Waals surface area contributed by atoms with Gasteiger partial charge in [0.25, 0.3) is 0 Å². The number of hydrogen-bond acceptors (Lipinski definition) is 3. The highest BCUT2D eigenvalue weighted by Crippen LogP contribution is 2.05. The lowest BCUT2D eigenvalue weighted by Gasteiger charge is -2.01. The van der Waals surface area contributed by atoms with Gasteiger partial charge < -0.3 is 4.74 Å². The van der Waals surface area contributed by atoms with E-state index < -0.39 is 0 Å². The summed E-state index contributed by atoms with van der Waals surface area (Å²) in [6, 6.07) is 0. The Labute approximate surface area is 53.6 Å². The Morgan fingerprint density at radius 3 is 2.88 bits per heavy atom. The van der Waals surface area contributed by atoms with Gasteiger partial charge in [-0.05, 0) is 13.2 Å². The van der Waals surface area contributed by atoms with Crippen LogP contribution in [0.5, 0.6) is 0 Å². The van der Waals surface area contributed by atoms with Crippen LogP contribution in [-0.4, -0.2) is 18.5 Å². The van der Waals surface area contributed by atoms with E-state index in [9.17, 15) is 4.79 Å². The van der Waals surface area contributed by atoms with E-state index in [4.69, 9.17) is 0 Å². The normalized spacial score (nSPS) is 9.38. The molecule has 0 aliphatic heterocycles. The summed E-state index contributed by atoms with van der Waals surface area (Å²) in [7, 11) is 0. The first kappa shape index (κ1) is 7.82. The zero-order valence-corrected chi connectivity index (χ0v) is 5.75. The van der Waals surface area contributed by atoms with Crippen LogP contribution in [0.25, 0.3) is 0 Å². The van der Waals surface area contributed by atoms with Crippen LogP contribution < -0.4 is 0 Å². The van der Waals surface area contributed by atoms with E-state index in [1.54, 1.807) is 18.7 Å². The van der Waals surface area contributed by atoms with Gasteiger partial charge in [0.2, 0.25) is 0 Å². The summed E-state index contributed by atoms with van der Waals surface area (Å²) < 4.78 is 4.37. The molecule has 0 rings (SSSR count). The molecular formula is C5H8O2S. The second-order valence-corrected chi connectivity index (χ2v) is 2.19. The molecule has 0 aliphatic carbocycles. The van der Waals surface area contributed by atoms with Gasteiger partial charge in [-0.3, -0.25) is 0 Å². The first-order valence-electron chi connectivity index (χ1n) is 2.16. The van der Waals surface area contributed by atoms with Crippen LogP contribution in [0.15, 0.2) is 0 Å². The Hall–Kier alpha value is -0.180. The van der Waals surface area contributed by atoms with E-state index >= 15 is 0 Å². The van der Waals surface area contributed by atoms with Crippen molar-refractivity contribution in [3.63, 3.8) is 0 Å². The van der Waals surface area contributed by atoms with Crippen molar-refractivity contribution in [3.05, 3.63) is 6.10 Å². The zero-order chi connectivity index (χ0) is 6.41. The average Bonchev–Trinajstić information content (AvgIpc) is 1.68. The van der Waals surface area contributed by atoms with Crippen LogP contribution >= 0.6 is 11.8 Å². The van der Waals surface area contributed by atoms with E-state index in [0.717, 1.165) is 5.75 Å². The van der Waals surface area contributed by atoms with Gasteiger partial charge in [0, 0.05) is 5.75 Å². The lowest BCUT2D eigenvalue weighted by atomic mass is 10.5. The Morgan fingerprint density at radius 1 is 1.88 bits per heavy atom. The fourth-order valence-electron chi connectivity index (χ4n) is 0.304. The average molecular weight is 132 g/mol. The quantitative estimate of drug-likeness (QED) is 0.570. The van der Waals surface area contributed by atoms with Crippen LogP contribution in [0.2, 0.25) is 0 Å². The van der Waals surface area contributed by atoms with Crippen LogP contribution in [0.1, 0.15) is 6.92 Å². The summed E-state index contributed by atoms with van der Waals surface area (Å²) in [6.07, 6.45) is 2.64. The minimum atomic E-state index is 0.701. The Bertz CT molecular complexity index is 65.4. The molecule has 0 amide bonds. The summed E-state index contributed by atoms with van der Waals surface area (Å²) in [5.74, 6) is 0.759. The lowest BCUT2D eigenvalue weighted by molar-refractivity contribution is 0.304. The molecule has 8 heavy (non-hydrogen) atoms. The SMILES string of the molecule is CSC[C](C)O[C]=O. The van der Waals surface area contributed by atoms with Gasteiger partial charge in [-0.2, -0.15) is 11.8 Å². The van der Waals surface area contributed by atoms with E-state index in [1.807, 2.05) is 6.26 Å². The third kappa shape index (κ3) is 3.99. The van der Waals surface area contributed by atoms with Crippen molar-refractivity contribution in [1.82, 2.24) is 0 Å². The molecule has 0 unspecified atom stereocenters. The summed E-state index contributed by atoms with van der Waals surface area (Å²) in [4.78, 5) is 9.51. The Kier molecular flexibility index (Phi) is 4.85. The lowest BCUT2D eigenvalue weighted by Crippen LogP contribution is -1.98. The second-order valence-electron chi connectivity index (χ2n) is 1.32. The van der Waals surface area contributed by atoms with Crippen molar-refractivity contribution in [2.75, 3.05) is 12.0 Å². The fraction of sp³-hybridized carbons (Fsp3) is 0.600. The predicted octanol–water partition coefficient (Wildman–Crippen LogP) is 0.985. The standard InChI is InChI=1S/C5H8O2S/c1-5(3-8-2)7-4-6/h3H2,1-2H3. The second kappa shape index (κ2) is 4.97. The summed E-state index contributed by atoms with van der Waals surface area (Å²) in [5, 5.41) is 0. The molecule has 46 valence electrons. The molecule has 2 radical (unpaired) electrons. The molecule has 0 bridgehead atoms. The smallest absolute Gasteiger partial charge is 0.418 e. The van der Waals surface area contributed by atoms with Gasteiger partial charge in [-0.25, -0.2) is 4.79 Å². The molecule has 2 nitrogen and oxygen atoms in total. The molecule has 0 aromatic rings. The minimum Gasteiger partial charge on any atom is -0.446 e. The zero-order valence-electron chi connectivity index (χ0n) is 4.93. The van der Waals surface area contributed by atoms with E-state index in [2.05, 4.69) is 4.74 Å². The molecule has 0 heterocycles. The molecule has 0 atom stereocenters. The highest BCUT2D eigenvalue weighted by atomic mass is 32.2. The highest BCUT2D eigenvalue weighted by Gasteiger charge is 1.99. The largest absolute Gasteiger partial charge is 0.446 e. The maximum atomic E-state index is 9.51. The van der Waals surface area contributed by atoms with E-state index in [0.29, 0.717) is 6.10 Å². The van der Waals surface area contributed by atoms with E-state index in [-0.39, 0.29) is 0 Å². The summed E-state index contributed by atoms with van der Waals surface area (Å²) >= 11 is 1.61. The van der Waals surface area contributed by atoms with Crippen molar-refractivity contribution in [2.45, 2.75) is 6.92 Å². The first-order chi connectivity index (χ1) is 3.81. The highest BCUT2D eigenvalue weighted by molar-refractivity contribution is 7.98. The van der Waals surface area contributed by atoms with Crippen LogP contribution in [0.4, 0.5) is 0 Å². The molecular weight excluding hydrogens is 124 g/mol. The molecule has 0 spiro atoms. The third-order valence-corrected chi connectivity index (χ3v) is 1.26. The molecule has 0 aromatic carbocycles. The van der Waals surface area contributed by atoms with Gasteiger partial charge in [-0.1, -0.05) is 0 Å². The topological polar surface area (TPSA) is 26.3 Å². The predicted molar refractivity (Wildman–Crippen MR) is 34.1 cm³/mol. The molecule has 0 aromatic heterocycles. The number of ether oxygens (including phenoxy) is 1. The van der Waals surface area contributed by atoms with Gasteiger partial charge in [0.05, 0.1) is 0 Å². The molecule has 3 heteroatoms. The van der Waals surface area contributed by atoms with Gasteiger partial charge in [-0.15, -0.1) is 0 Å². The fourth-order valence-corrected chi connectivity index (χ4v) is 0.769. The molecule has 0 aliphatic rings. The number of hydrogen-bond donors (Lipinski definition) is 0. The third-order valence-electron chi connectivity index (χ3n) is 0.563. The van der Waals surface area contributed by atoms with Crippen molar-refractivity contribution in [1.29, 1.82) is 0 Å². The van der Waals surface area contributed by atoms with Crippen molar-refractivity contribution < 1.29 is 9.53 Å². The molecule has 0 fully saturated rings. The molecule has 0 saturated carbocycles. The minimum absolute atomic E-state index is 0.701. The van der Waals surface area contributed by atoms with Gasteiger partial charge >= 0.3 is 6.47 Å². The van der Waals surface area contributed by atoms with E-state index in [1.165, 1.54) is 6.47 Å². The molecule has 0 saturated heterocycles. The maximum Gasteiger partial charge on any atom is 0.418 e. The Morgan fingerprint density at radius 2 is 2.50 bits per heavy atom. The number of thioether (sulfide) groups is 1. The summed E-state index contributed by atoms with van der Waals surface area (Å²) in [6.45, 7) is 3.10. The number of rotatable bonds is 4. The van der Waals surface area contributed by atoms with Crippen molar-refractivity contribution in [2.24, 2.45) is 0 Å². The number of carbonyl (C=O) groups excluding carboxylic acids is 1. The van der Waals surface area contributed by atoms with Crippen LogP contribution in [-0.2, 0) is 9.53 Å². The van der Waals surface area contributed by atoms with Crippen molar-refractivity contribution in [3.8, 4) is 0 Å². The van der Waals surface area contributed by atoms with Gasteiger partial charge in [0.15, 0.2) is 6.10 Å². The summed E-state index contributed by atoms with van der Waals surface area (Å²) in [5.41, 5.74) is 0. The monoisotopic (exact) mass is 132 g/mol. The maximum absolute atomic E-state index is 9.51. The van der Waals surface area contributed by atoms with Gasteiger partial charge in [0.1, 0.15) is 0 Å². The van der Waals surface area contributed by atoms with Crippen LogP contribution in [0, 0.1) is 6.10 Å². The first-order valence-corrected chi connectivity index (χ1v) is 3.56. The molecule has 0 N–H and O–H groups in total. The van der Waals surface area contributed by atoms with Crippen molar-refractivity contribution >= 4 is 18.2 Å². The Balaban J connectivity index is 3.03. The van der Waals surface area contributed by atoms with Crippen LogP contribution in [0.3, 0.4) is 0 Å².